The van der Waals surface area contributed by atoms with Crippen LogP contribution < -0.4 is 15.4 Å². The van der Waals surface area contributed by atoms with Crippen molar-refractivity contribution in [2.45, 2.75) is 39.3 Å². The number of methoxy groups -OCH3 is 1. The normalized spacial score (nSPS) is 14.2. The molecule has 0 unspecified atom stereocenters. The maximum absolute atomic E-state index is 13.9. The largest absolute Gasteiger partial charge is 0.496 e. The second kappa shape index (κ2) is 9.28. The Bertz CT molecular complexity index is 1200. The molecule has 1 aliphatic rings. The van der Waals surface area contributed by atoms with E-state index in [4.69, 9.17) is 4.74 Å². The van der Waals surface area contributed by atoms with Crippen LogP contribution in [0, 0.1) is 5.82 Å². The maximum atomic E-state index is 13.9. The lowest BCUT2D eigenvalue weighted by atomic mass is 9.85. The third-order valence-corrected chi connectivity index (χ3v) is 6.05. The van der Waals surface area contributed by atoms with E-state index >= 15 is 0 Å². The Labute approximate surface area is 195 Å². The molecule has 3 N–H and O–H groups in total. The third kappa shape index (κ3) is 4.74. The molecule has 3 aromatic rings. The molecular weight excluding hydrogens is 415 g/mol. The van der Waals surface area contributed by atoms with E-state index in [2.05, 4.69) is 49.6 Å². The number of anilines is 2. The summed E-state index contributed by atoms with van der Waals surface area (Å²) in [6.45, 7) is 7.10. The van der Waals surface area contributed by atoms with Crippen molar-refractivity contribution in [2.24, 2.45) is 0 Å². The summed E-state index contributed by atoms with van der Waals surface area (Å²) in [4.78, 5) is 0. The SMILES string of the molecule is COc1cc(F)ccc1-c1ccc2c(c1CNc1ccccc1CCO)C(C)=CC(C)(C)N2. The summed E-state index contributed by atoms with van der Waals surface area (Å²) < 4.78 is 19.5. The van der Waals surface area contributed by atoms with Crippen molar-refractivity contribution in [3.63, 3.8) is 0 Å². The van der Waals surface area contributed by atoms with E-state index in [0.29, 0.717) is 18.7 Å². The molecule has 0 fully saturated rings. The van der Waals surface area contributed by atoms with Gasteiger partial charge in [0.15, 0.2) is 0 Å². The first-order chi connectivity index (χ1) is 15.8. The molecule has 1 heterocycles. The number of hydrogen-bond donors (Lipinski definition) is 3. The monoisotopic (exact) mass is 446 g/mol. The van der Waals surface area contributed by atoms with Crippen LogP contribution in [0.5, 0.6) is 5.75 Å². The molecule has 4 nitrogen and oxygen atoms in total. The summed E-state index contributed by atoms with van der Waals surface area (Å²) in [5, 5.41) is 16.7. The highest BCUT2D eigenvalue weighted by Crippen LogP contribution is 2.42. The van der Waals surface area contributed by atoms with Gasteiger partial charge in [-0.3, -0.25) is 0 Å². The average Bonchev–Trinajstić information content (AvgIpc) is 2.77. The van der Waals surface area contributed by atoms with E-state index in [0.717, 1.165) is 39.2 Å². The number of para-hydroxylation sites is 1. The van der Waals surface area contributed by atoms with Crippen molar-refractivity contribution >= 4 is 16.9 Å². The quantitative estimate of drug-likeness (QED) is 0.401. The second-order valence-electron chi connectivity index (χ2n) is 9.02. The van der Waals surface area contributed by atoms with Gasteiger partial charge in [-0.15, -0.1) is 0 Å². The Kier molecular flexibility index (Phi) is 6.43. The first kappa shape index (κ1) is 22.9. The summed E-state index contributed by atoms with van der Waals surface area (Å²) in [5.74, 6) is 0.174. The van der Waals surface area contributed by atoms with Gasteiger partial charge in [-0.2, -0.15) is 0 Å². The van der Waals surface area contributed by atoms with Crippen molar-refractivity contribution in [3.05, 3.63) is 83.2 Å². The van der Waals surface area contributed by atoms with Crippen LogP contribution in [0.3, 0.4) is 0 Å². The number of fused-ring (bicyclic) bond motifs is 1. The number of ether oxygens (including phenoxy) is 1. The van der Waals surface area contributed by atoms with Crippen LogP contribution in [0.1, 0.15) is 37.5 Å². The molecule has 0 atom stereocenters. The van der Waals surface area contributed by atoms with Gasteiger partial charge in [-0.25, -0.2) is 4.39 Å². The molecule has 33 heavy (non-hydrogen) atoms. The smallest absolute Gasteiger partial charge is 0.129 e. The van der Waals surface area contributed by atoms with Gasteiger partial charge in [0.25, 0.3) is 0 Å². The number of benzene rings is 3. The zero-order valence-corrected chi connectivity index (χ0v) is 19.6. The number of halogens is 1. The zero-order chi connectivity index (χ0) is 23.6. The number of aliphatic hydroxyl groups excluding tert-OH is 1. The lowest BCUT2D eigenvalue weighted by molar-refractivity contribution is 0.300. The van der Waals surface area contributed by atoms with Gasteiger partial charge in [0.1, 0.15) is 11.6 Å². The third-order valence-electron chi connectivity index (χ3n) is 6.05. The van der Waals surface area contributed by atoms with E-state index in [-0.39, 0.29) is 18.0 Å². The Morgan fingerprint density at radius 2 is 1.82 bits per heavy atom. The van der Waals surface area contributed by atoms with E-state index in [9.17, 15) is 9.50 Å². The van der Waals surface area contributed by atoms with Crippen LogP contribution >= 0.6 is 0 Å². The molecule has 1 aliphatic heterocycles. The van der Waals surface area contributed by atoms with Gasteiger partial charge >= 0.3 is 0 Å². The fraction of sp³-hybridized carbons (Fsp3) is 0.286. The zero-order valence-electron chi connectivity index (χ0n) is 19.6. The minimum absolute atomic E-state index is 0.0955. The highest BCUT2D eigenvalue weighted by Gasteiger charge is 2.26. The molecule has 0 saturated carbocycles. The van der Waals surface area contributed by atoms with Crippen molar-refractivity contribution in [3.8, 4) is 16.9 Å². The Hall–Kier alpha value is -3.31. The standard InChI is InChI=1S/C28H31FN2O2/c1-18-16-28(2,3)31-25-12-11-21(22-10-9-20(29)15-26(22)33-4)23(27(18)25)17-30-24-8-6-5-7-19(24)13-14-32/h5-12,15-16,30-32H,13-14,17H2,1-4H3. The Morgan fingerprint density at radius 1 is 1.06 bits per heavy atom. The van der Waals surface area contributed by atoms with Gasteiger partial charge in [-0.1, -0.05) is 30.3 Å². The highest BCUT2D eigenvalue weighted by atomic mass is 19.1. The van der Waals surface area contributed by atoms with E-state index in [1.165, 1.54) is 17.7 Å². The number of hydrogen-bond acceptors (Lipinski definition) is 4. The van der Waals surface area contributed by atoms with Crippen LogP contribution in [0.15, 0.2) is 60.7 Å². The van der Waals surface area contributed by atoms with Crippen LogP contribution in [0.4, 0.5) is 15.8 Å². The topological polar surface area (TPSA) is 53.5 Å². The fourth-order valence-electron chi connectivity index (χ4n) is 4.74. The first-order valence-electron chi connectivity index (χ1n) is 11.2. The summed E-state index contributed by atoms with van der Waals surface area (Å²) in [7, 11) is 1.56. The van der Waals surface area contributed by atoms with Crippen molar-refractivity contribution in [1.29, 1.82) is 0 Å². The molecule has 0 aliphatic carbocycles. The van der Waals surface area contributed by atoms with Gasteiger partial charge < -0.3 is 20.5 Å². The predicted octanol–water partition coefficient (Wildman–Crippen LogP) is 6.26. The van der Waals surface area contributed by atoms with Gasteiger partial charge in [0.05, 0.1) is 12.6 Å². The number of rotatable bonds is 7. The average molecular weight is 447 g/mol. The predicted molar refractivity (Wildman–Crippen MR) is 134 cm³/mol. The Balaban J connectivity index is 1.85. The summed E-state index contributed by atoms with van der Waals surface area (Å²) in [6.07, 6.45) is 2.83. The number of aliphatic hydroxyl groups is 1. The van der Waals surface area contributed by atoms with E-state index in [1.807, 2.05) is 24.3 Å². The summed E-state index contributed by atoms with van der Waals surface area (Å²) in [6, 6.07) is 16.9. The van der Waals surface area contributed by atoms with E-state index in [1.54, 1.807) is 13.2 Å². The first-order valence-corrected chi connectivity index (χ1v) is 11.2. The fourth-order valence-corrected chi connectivity index (χ4v) is 4.74. The molecule has 3 aromatic carbocycles. The molecule has 5 heteroatoms. The van der Waals surface area contributed by atoms with Crippen molar-refractivity contribution in [2.75, 3.05) is 24.4 Å². The van der Waals surface area contributed by atoms with Gasteiger partial charge in [0.2, 0.25) is 0 Å². The summed E-state index contributed by atoms with van der Waals surface area (Å²) in [5.41, 5.74) is 8.27. The molecule has 0 saturated heterocycles. The van der Waals surface area contributed by atoms with Crippen LogP contribution in [-0.4, -0.2) is 24.4 Å². The number of allylic oxidation sites excluding steroid dienone is 1. The molecule has 0 spiro atoms. The maximum Gasteiger partial charge on any atom is 0.129 e. The van der Waals surface area contributed by atoms with Gasteiger partial charge in [-0.05, 0) is 73.7 Å². The molecular formula is C28H31FN2O2. The van der Waals surface area contributed by atoms with Crippen molar-refractivity contribution < 1.29 is 14.2 Å². The summed E-state index contributed by atoms with van der Waals surface area (Å²) >= 11 is 0. The molecule has 0 radical (unpaired) electrons. The molecule has 0 bridgehead atoms. The van der Waals surface area contributed by atoms with Crippen LogP contribution in [-0.2, 0) is 13.0 Å². The minimum Gasteiger partial charge on any atom is -0.496 e. The number of nitrogens with one attached hydrogen (secondary N) is 2. The highest BCUT2D eigenvalue weighted by molar-refractivity contribution is 5.88. The van der Waals surface area contributed by atoms with Crippen molar-refractivity contribution in [1.82, 2.24) is 0 Å². The van der Waals surface area contributed by atoms with Crippen LogP contribution in [0.25, 0.3) is 16.7 Å². The minimum atomic E-state index is -0.328. The van der Waals surface area contributed by atoms with Gasteiger partial charge in [0, 0.05) is 41.7 Å². The lowest BCUT2D eigenvalue weighted by Crippen LogP contribution is -2.32. The second-order valence-corrected chi connectivity index (χ2v) is 9.02. The molecule has 172 valence electrons. The molecule has 4 rings (SSSR count). The molecule has 0 amide bonds. The van der Waals surface area contributed by atoms with E-state index < -0.39 is 0 Å². The molecule has 0 aromatic heterocycles. The lowest BCUT2D eigenvalue weighted by Gasteiger charge is -2.33. The van der Waals surface area contributed by atoms with Crippen LogP contribution in [0.2, 0.25) is 0 Å². The Morgan fingerprint density at radius 3 is 2.58 bits per heavy atom.